The lowest BCUT2D eigenvalue weighted by atomic mass is 9.85. The molecule has 1 aliphatic carbocycles. The van der Waals surface area contributed by atoms with Crippen LogP contribution in [0.4, 0.5) is 0 Å². The first kappa shape index (κ1) is 9.56. The minimum atomic E-state index is 0.712. The molecule has 1 saturated carbocycles. The summed E-state index contributed by atoms with van der Waals surface area (Å²) in [7, 11) is 1.64. The standard InChI is InChI=1S/C10H19NO/c1-3-10(11-12-2)9-7-5-4-6-8-9/h9H,3-8H2,1-2H3. The topological polar surface area (TPSA) is 21.6 Å². The summed E-state index contributed by atoms with van der Waals surface area (Å²) in [5, 5.41) is 4.08. The Morgan fingerprint density at radius 2 is 2.00 bits per heavy atom. The number of hydrogen-bond acceptors (Lipinski definition) is 2. The minimum Gasteiger partial charge on any atom is -0.399 e. The molecule has 0 amide bonds. The fourth-order valence-corrected chi connectivity index (χ4v) is 1.98. The van der Waals surface area contributed by atoms with E-state index in [-0.39, 0.29) is 0 Å². The molecule has 0 N–H and O–H groups in total. The molecule has 0 aromatic rings. The molecule has 2 nitrogen and oxygen atoms in total. The van der Waals surface area contributed by atoms with Crippen molar-refractivity contribution in [1.82, 2.24) is 0 Å². The Bertz CT molecular complexity index is 148. The van der Waals surface area contributed by atoms with Gasteiger partial charge in [-0.15, -0.1) is 0 Å². The first-order valence-electron chi connectivity index (χ1n) is 4.98. The van der Waals surface area contributed by atoms with Gasteiger partial charge in [-0.1, -0.05) is 31.3 Å². The SMILES string of the molecule is CCC(=NOC)C1CCCCC1. The summed E-state index contributed by atoms with van der Waals surface area (Å²) in [6, 6.07) is 0. The molecule has 0 saturated heterocycles. The van der Waals surface area contributed by atoms with Crippen LogP contribution in [0, 0.1) is 5.92 Å². The zero-order valence-electron chi connectivity index (χ0n) is 8.18. The van der Waals surface area contributed by atoms with Crippen LogP contribution in [0.2, 0.25) is 0 Å². The Hall–Kier alpha value is -0.530. The average Bonchev–Trinajstić information content (AvgIpc) is 2.15. The summed E-state index contributed by atoms with van der Waals surface area (Å²) in [5.41, 5.74) is 1.26. The van der Waals surface area contributed by atoms with Crippen LogP contribution >= 0.6 is 0 Å². The lowest BCUT2D eigenvalue weighted by molar-refractivity contribution is 0.208. The Labute approximate surface area is 75.0 Å². The van der Waals surface area contributed by atoms with Gasteiger partial charge in [0.2, 0.25) is 0 Å². The molecule has 0 bridgehead atoms. The van der Waals surface area contributed by atoms with Gasteiger partial charge in [-0.2, -0.15) is 0 Å². The van der Waals surface area contributed by atoms with Crippen LogP contribution in [-0.2, 0) is 4.84 Å². The van der Waals surface area contributed by atoms with E-state index >= 15 is 0 Å². The monoisotopic (exact) mass is 169 g/mol. The second-order valence-corrected chi connectivity index (χ2v) is 3.45. The third-order valence-electron chi connectivity index (χ3n) is 2.65. The van der Waals surface area contributed by atoms with Crippen molar-refractivity contribution < 1.29 is 4.84 Å². The van der Waals surface area contributed by atoms with Crippen LogP contribution in [0.1, 0.15) is 45.4 Å². The Balaban J connectivity index is 2.46. The third-order valence-corrected chi connectivity index (χ3v) is 2.65. The summed E-state index contributed by atoms with van der Waals surface area (Å²) < 4.78 is 0. The highest BCUT2D eigenvalue weighted by Gasteiger charge is 2.18. The maximum absolute atomic E-state index is 4.84. The smallest absolute Gasteiger partial charge is 0.106 e. The van der Waals surface area contributed by atoms with Crippen molar-refractivity contribution in [3.8, 4) is 0 Å². The molecule has 0 aromatic carbocycles. The Morgan fingerprint density at radius 3 is 2.50 bits per heavy atom. The van der Waals surface area contributed by atoms with Gasteiger partial charge in [0.25, 0.3) is 0 Å². The fourth-order valence-electron chi connectivity index (χ4n) is 1.98. The lowest BCUT2D eigenvalue weighted by Crippen LogP contribution is -2.17. The average molecular weight is 169 g/mol. The van der Waals surface area contributed by atoms with E-state index in [0.29, 0.717) is 5.92 Å². The van der Waals surface area contributed by atoms with Crippen molar-refractivity contribution in [2.24, 2.45) is 11.1 Å². The molecule has 70 valence electrons. The van der Waals surface area contributed by atoms with Crippen LogP contribution in [0.25, 0.3) is 0 Å². The highest BCUT2D eigenvalue weighted by molar-refractivity contribution is 5.86. The molecule has 0 heterocycles. The molecular formula is C10H19NO. The summed E-state index contributed by atoms with van der Waals surface area (Å²) in [6.45, 7) is 2.16. The van der Waals surface area contributed by atoms with E-state index in [4.69, 9.17) is 4.84 Å². The van der Waals surface area contributed by atoms with E-state index in [0.717, 1.165) is 6.42 Å². The van der Waals surface area contributed by atoms with Gasteiger partial charge in [0.15, 0.2) is 0 Å². The molecule has 0 spiro atoms. The molecular weight excluding hydrogens is 150 g/mol. The van der Waals surface area contributed by atoms with Gasteiger partial charge in [0.05, 0.1) is 5.71 Å². The normalized spacial score (nSPS) is 21.0. The van der Waals surface area contributed by atoms with Gasteiger partial charge in [-0.3, -0.25) is 0 Å². The Morgan fingerprint density at radius 1 is 1.33 bits per heavy atom. The maximum Gasteiger partial charge on any atom is 0.106 e. The van der Waals surface area contributed by atoms with Crippen LogP contribution in [0.3, 0.4) is 0 Å². The van der Waals surface area contributed by atoms with Crippen LogP contribution in [0.5, 0.6) is 0 Å². The summed E-state index contributed by atoms with van der Waals surface area (Å²) in [5.74, 6) is 0.712. The van der Waals surface area contributed by atoms with E-state index in [1.54, 1.807) is 7.11 Å². The zero-order valence-corrected chi connectivity index (χ0v) is 8.18. The van der Waals surface area contributed by atoms with Crippen molar-refractivity contribution in [3.05, 3.63) is 0 Å². The van der Waals surface area contributed by atoms with Gasteiger partial charge >= 0.3 is 0 Å². The van der Waals surface area contributed by atoms with Crippen molar-refractivity contribution in [2.45, 2.75) is 45.4 Å². The van der Waals surface area contributed by atoms with E-state index in [1.807, 2.05) is 0 Å². The van der Waals surface area contributed by atoms with Gasteiger partial charge in [-0.05, 0) is 19.3 Å². The molecule has 0 unspecified atom stereocenters. The van der Waals surface area contributed by atoms with Gasteiger partial charge in [0.1, 0.15) is 7.11 Å². The molecule has 1 rings (SSSR count). The van der Waals surface area contributed by atoms with Crippen LogP contribution in [-0.4, -0.2) is 12.8 Å². The highest BCUT2D eigenvalue weighted by atomic mass is 16.6. The summed E-state index contributed by atoms with van der Waals surface area (Å²) in [6.07, 6.45) is 7.81. The molecule has 12 heavy (non-hydrogen) atoms. The number of oxime groups is 1. The van der Waals surface area contributed by atoms with Crippen molar-refractivity contribution in [3.63, 3.8) is 0 Å². The zero-order chi connectivity index (χ0) is 8.81. The minimum absolute atomic E-state index is 0.712. The highest BCUT2D eigenvalue weighted by Crippen LogP contribution is 2.25. The number of hydrogen-bond donors (Lipinski definition) is 0. The number of rotatable bonds is 3. The maximum atomic E-state index is 4.84. The van der Waals surface area contributed by atoms with Gasteiger partial charge < -0.3 is 4.84 Å². The van der Waals surface area contributed by atoms with E-state index < -0.39 is 0 Å². The number of nitrogens with zero attached hydrogens (tertiary/aromatic N) is 1. The lowest BCUT2D eigenvalue weighted by Gasteiger charge is -2.21. The predicted octanol–water partition coefficient (Wildman–Crippen LogP) is 2.98. The van der Waals surface area contributed by atoms with Gasteiger partial charge in [0, 0.05) is 5.92 Å². The summed E-state index contributed by atoms with van der Waals surface area (Å²) >= 11 is 0. The largest absolute Gasteiger partial charge is 0.399 e. The van der Waals surface area contributed by atoms with E-state index in [9.17, 15) is 0 Å². The van der Waals surface area contributed by atoms with Crippen molar-refractivity contribution in [2.75, 3.05) is 7.11 Å². The first-order valence-corrected chi connectivity index (χ1v) is 4.98. The Kier molecular flexibility index (Phi) is 4.12. The third kappa shape index (κ3) is 2.50. The molecule has 1 fully saturated rings. The van der Waals surface area contributed by atoms with E-state index in [1.165, 1.54) is 37.8 Å². The van der Waals surface area contributed by atoms with Gasteiger partial charge in [-0.25, -0.2) is 0 Å². The van der Waals surface area contributed by atoms with Crippen LogP contribution < -0.4 is 0 Å². The molecule has 0 radical (unpaired) electrons. The fraction of sp³-hybridized carbons (Fsp3) is 0.900. The van der Waals surface area contributed by atoms with Crippen molar-refractivity contribution >= 4 is 5.71 Å². The molecule has 0 aromatic heterocycles. The quantitative estimate of drug-likeness (QED) is 0.470. The summed E-state index contributed by atoms with van der Waals surface area (Å²) in [4.78, 5) is 4.84. The van der Waals surface area contributed by atoms with Crippen molar-refractivity contribution in [1.29, 1.82) is 0 Å². The molecule has 2 heteroatoms. The molecule has 1 aliphatic rings. The molecule has 0 aliphatic heterocycles. The second-order valence-electron chi connectivity index (χ2n) is 3.45. The molecule has 0 atom stereocenters. The van der Waals surface area contributed by atoms with Crippen LogP contribution in [0.15, 0.2) is 5.16 Å². The first-order chi connectivity index (χ1) is 5.88. The predicted molar refractivity (Wildman–Crippen MR) is 51.3 cm³/mol. The second kappa shape index (κ2) is 5.18. The van der Waals surface area contributed by atoms with E-state index in [2.05, 4.69) is 12.1 Å².